The van der Waals surface area contributed by atoms with Crippen molar-refractivity contribution in [3.63, 3.8) is 0 Å². The Morgan fingerprint density at radius 2 is 2.06 bits per heavy atom. The van der Waals surface area contributed by atoms with Crippen molar-refractivity contribution >= 4 is 5.78 Å². The number of carbonyl (C=O) groups is 1. The lowest BCUT2D eigenvalue weighted by Crippen LogP contribution is -2.00. The summed E-state index contributed by atoms with van der Waals surface area (Å²) in [6.45, 7) is 8.56. The van der Waals surface area contributed by atoms with Gasteiger partial charge in [-0.25, -0.2) is 0 Å². The smallest absolute Gasteiger partial charge is 0.155 e. The van der Waals surface area contributed by atoms with E-state index in [-0.39, 0.29) is 0 Å². The monoisotopic (exact) mass is 220 g/mol. The third kappa shape index (κ3) is 3.62. The molecule has 0 aromatic heterocycles. The summed E-state index contributed by atoms with van der Waals surface area (Å²) in [5.41, 5.74) is 4.35. The highest BCUT2D eigenvalue weighted by molar-refractivity contribution is 5.90. The molecule has 1 rings (SSSR count). The van der Waals surface area contributed by atoms with Gasteiger partial charge in [-0.1, -0.05) is 23.6 Å². The van der Waals surface area contributed by atoms with E-state index in [1.165, 1.54) is 30.4 Å². The highest BCUT2D eigenvalue weighted by Gasteiger charge is 2.21. The van der Waals surface area contributed by atoms with Crippen LogP contribution in [0.25, 0.3) is 0 Å². The Morgan fingerprint density at radius 3 is 2.56 bits per heavy atom. The summed E-state index contributed by atoms with van der Waals surface area (Å²) in [6.07, 6.45) is 7.14. The normalized spacial score (nSPS) is 21.4. The highest BCUT2D eigenvalue weighted by Crippen LogP contribution is 2.36. The second-order valence-corrected chi connectivity index (χ2v) is 5.15. The minimum atomic E-state index is 0.297. The molecule has 1 unspecified atom stereocenters. The van der Waals surface area contributed by atoms with Crippen molar-refractivity contribution in [3.05, 3.63) is 22.8 Å². The van der Waals surface area contributed by atoms with E-state index >= 15 is 0 Å². The summed E-state index contributed by atoms with van der Waals surface area (Å²) in [5.74, 6) is 0.913. The Labute approximate surface area is 99.6 Å². The van der Waals surface area contributed by atoms with Crippen molar-refractivity contribution in [3.8, 4) is 0 Å². The minimum absolute atomic E-state index is 0.297. The number of allylic oxidation sites excluding steroid dienone is 4. The van der Waals surface area contributed by atoms with Crippen LogP contribution in [0.4, 0.5) is 0 Å². The standard InChI is InChI=1S/C15H24O/c1-5-6-15(16)9-12(4)14-8-7-13(10-14)11(2)3/h9,14H,5-8,10H2,1-4H3/b12-9-. The van der Waals surface area contributed by atoms with E-state index in [1.54, 1.807) is 5.57 Å². The summed E-state index contributed by atoms with van der Waals surface area (Å²) in [6, 6.07) is 0. The summed E-state index contributed by atoms with van der Waals surface area (Å²) < 4.78 is 0. The molecule has 1 heteroatoms. The zero-order valence-electron chi connectivity index (χ0n) is 11.1. The van der Waals surface area contributed by atoms with Crippen LogP contribution < -0.4 is 0 Å². The lowest BCUT2D eigenvalue weighted by atomic mass is 9.96. The van der Waals surface area contributed by atoms with Gasteiger partial charge in [0.2, 0.25) is 0 Å². The molecule has 0 radical (unpaired) electrons. The number of hydrogen-bond donors (Lipinski definition) is 0. The lowest BCUT2D eigenvalue weighted by Gasteiger charge is -2.09. The van der Waals surface area contributed by atoms with Gasteiger partial charge >= 0.3 is 0 Å². The van der Waals surface area contributed by atoms with Gasteiger partial charge in [0.05, 0.1) is 0 Å². The van der Waals surface area contributed by atoms with E-state index in [4.69, 9.17) is 0 Å². The van der Waals surface area contributed by atoms with E-state index < -0.39 is 0 Å². The van der Waals surface area contributed by atoms with E-state index in [1.807, 2.05) is 6.08 Å². The fourth-order valence-corrected chi connectivity index (χ4v) is 2.38. The Morgan fingerprint density at radius 1 is 1.38 bits per heavy atom. The Balaban J connectivity index is 2.60. The maximum absolute atomic E-state index is 11.5. The van der Waals surface area contributed by atoms with Gasteiger partial charge in [0.1, 0.15) is 0 Å². The van der Waals surface area contributed by atoms with Gasteiger partial charge in [0.15, 0.2) is 5.78 Å². The molecule has 0 aliphatic heterocycles. The van der Waals surface area contributed by atoms with Crippen molar-refractivity contribution in [1.29, 1.82) is 0 Å². The van der Waals surface area contributed by atoms with Gasteiger partial charge < -0.3 is 0 Å². The molecule has 1 aliphatic rings. The van der Waals surface area contributed by atoms with Crippen LogP contribution in [0.3, 0.4) is 0 Å². The maximum atomic E-state index is 11.5. The molecule has 0 amide bonds. The van der Waals surface area contributed by atoms with E-state index in [0.29, 0.717) is 18.1 Å². The molecule has 1 aliphatic carbocycles. The molecule has 16 heavy (non-hydrogen) atoms. The molecule has 1 fully saturated rings. The third-order valence-corrected chi connectivity index (χ3v) is 3.52. The number of carbonyl (C=O) groups excluding carboxylic acids is 1. The summed E-state index contributed by atoms with van der Waals surface area (Å²) in [7, 11) is 0. The molecule has 0 N–H and O–H groups in total. The SMILES string of the molecule is CCCC(=O)/C=C(/C)C1CCC(=C(C)C)C1. The average Bonchev–Trinajstić information content (AvgIpc) is 2.66. The summed E-state index contributed by atoms with van der Waals surface area (Å²) >= 11 is 0. The number of ketones is 1. The molecule has 0 aromatic carbocycles. The van der Waals surface area contributed by atoms with E-state index in [9.17, 15) is 4.79 Å². The number of rotatable bonds is 4. The zero-order valence-corrected chi connectivity index (χ0v) is 11.1. The van der Waals surface area contributed by atoms with Crippen molar-refractivity contribution in [2.24, 2.45) is 5.92 Å². The quantitative estimate of drug-likeness (QED) is 0.505. The van der Waals surface area contributed by atoms with Gasteiger partial charge in [-0.15, -0.1) is 0 Å². The highest BCUT2D eigenvalue weighted by atomic mass is 16.1. The molecule has 0 aromatic rings. The van der Waals surface area contributed by atoms with Crippen LogP contribution in [-0.2, 0) is 4.79 Å². The maximum Gasteiger partial charge on any atom is 0.155 e. The first-order valence-electron chi connectivity index (χ1n) is 6.40. The van der Waals surface area contributed by atoms with Crippen LogP contribution in [0, 0.1) is 5.92 Å². The number of hydrogen-bond acceptors (Lipinski definition) is 1. The first-order chi connectivity index (χ1) is 7.54. The van der Waals surface area contributed by atoms with Gasteiger partial charge in [-0.2, -0.15) is 0 Å². The molecule has 0 spiro atoms. The summed E-state index contributed by atoms with van der Waals surface area (Å²) in [5, 5.41) is 0. The molecule has 1 nitrogen and oxygen atoms in total. The molecular weight excluding hydrogens is 196 g/mol. The molecule has 0 heterocycles. The van der Waals surface area contributed by atoms with Crippen molar-refractivity contribution in [1.82, 2.24) is 0 Å². The fraction of sp³-hybridized carbons (Fsp3) is 0.667. The van der Waals surface area contributed by atoms with Crippen molar-refractivity contribution < 1.29 is 4.79 Å². The Bertz CT molecular complexity index is 316. The van der Waals surface area contributed by atoms with Crippen LogP contribution in [0.1, 0.15) is 59.8 Å². The van der Waals surface area contributed by atoms with E-state index in [0.717, 1.165) is 6.42 Å². The second-order valence-electron chi connectivity index (χ2n) is 5.15. The van der Waals surface area contributed by atoms with Crippen LogP contribution in [0.2, 0.25) is 0 Å². The molecule has 90 valence electrons. The van der Waals surface area contributed by atoms with Gasteiger partial charge in [0.25, 0.3) is 0 Å². The lowest BCUT2D eigenvalue weighted by molar-refractivity contribution is -0.114. The predicted octanol–water partition coefficient (Wildman–Crippen LogP) is 4.44. The van der Waals surface area contributed by atoms with Crippen LogP contribution in [0.5, 0.6) is 0 Å². The first kappa shape index (κ1) is 13.2. The van der Waals surface area contributed by atoms with Crippen molar-refractivity contribution in [2.45, 2.75) is 59.8 Å². The molecule has 1 atom stereocenters. The molecule has 0 saturated heterocycles. The van der Waals surface area contributed by atoms with Gasteiger partial charge in [0, 0.05) is 6.42 Å². The second kappa shape index (κ2) is 6.03. The van der Waals surface area contributed by atoms with Crippen LogP contribution in [0.15, 0.2) is 22.8 Å². The topological polar surface area (TPSA) is 17.1 Å². The zero-order chi connectivity index (χ0) is 12.1. The molecule has 1 saturated carbocycles. The summed E-state index contributed by atoms with van der Waals surface area (Å²) in [4.78, 5) is 11.5. The molecular formula is C15H24O. The Kier molecular flexibility index (Phi) is 4.98. The minimum Gasteiger partial charge on any atom is -0.295 e. The van der Waals surface area contributed by atoms with Gasteiger partial charge in [-0.05, 0) is 58.4 Å². The average molecular weight is 220 g/mol. The van der Waals surface area contributed by atoms with Crippen LogP contribution >= 0.6 is 0 Å². The van der Waals surface area contributed by atoms with Crippen LogP contribution in [-0.4, -0.2) is 5.78 Å². The predicted molar refractivity (Wildman–Crippen MR) is 69.4 cm³/mol. The first-order valence-corrected chi connectivity index (χ1v) is 6.40. The van der Waals surface area contributed by atoms with Crippen molar-refractivity contribution in [2.75, 3.05) is 0 Å². The largest absolute Gasteiger partial charge is 0.295 e. The van der Waals surface area contributed by atoms with E-state index in [2.05, 4.69) is 27.7 Å². The fourth-order valence-electron chi connectivity index (χ4n) is 2.38. The third-order valence-electron chi connectivity index (χ3n) is 3.52. The Hall–Kier alpha value is -0.850. The van der Waals surface area contributed by atoms with Gasteiger partial charge in [-0.3, -0.25) is 4.79 Å². The molecule has 0 bridgehead atoms.